The van der Waals surface area contributed by atoms with E-state index in [2.05, 4.69) is 16.0 Å². The van der Waals surface area contributed by atoms with E-state index in [9.17, 15) is 5.11 Å². The monoisotopic (exact) mass is 469 g/mol. The Bertz CT molecular complexity index is 1180. The van der Waals surface area contributed by atoms with Crippen LogP contribution < -0.4 is 10.6 Å². The lowest BCUT2D eigenvalue weighted by atomic mass is 9.73. The average molecular weight is 470 g/mol. The molecular weight excluding hydrogens is 445 g/mol. The van der Waals surface area contributed by atoms with E-state index in [4.69, 9.17) is 38.9 Å². The van der Waals surface area contributed by atoms with Crippen molar-refractivity contribution in [3.8, 4) is 11.3 Å². The van der Waals surface area contributed by atoms with Crippen LogP contribution >= 0.6 is 23.2 Å². The number of aromatic nitrogens is 3. The van der Waals surface area contributed by atoms with E-state index in [1.165, 1.54) is 11.1 Å². The van der Waals surface area contributed by atoms with E-state index in [1.807, 2.05) is 31.5 Å². The van der Waals surface area contributed by atoms with Crippen LogP contribution in [0.3, 0.4) is 0 Å². The molecular formula is C24H25Cl2N5O. The minimum atomic E-state index is -0.202. The van der Waals surface area contributed by atoms with Crippen LogP contribution in [0.15, 0.2) is 36.7 Å². The van der Waals surface area contributed by atoms with Gasteiger partial charge in [0.05, 0.1) is 28.0 Å². The van der Waals surface area contributed by atoms with E-state index in [0.29, 0.717) is 27.0 Å². The fraction of sp³-hybridized carbons (Fsp3) is 0.375. The Balaban J connectivity index is 1.42. The normalized spacial score (nSPS) is 19.4. The summed E-state index contributed by atoms with van der Waals surface area (Å²) in [6.07, 6.45) is 6.66. The third-order valence-electron chi connectivity index (χ3n) is 7.02. The summed E-state index contributed by atoms with van der Waals surface area (Å²) in [6.45, 7) is 3.33. The molecule has 0 unspecified atom stereocenters. The zero-order valence-electron chi connectivity index (χ0n) is 17.9. The van der Waals surface area contributed by atoms with Crippen LogP contribution in [0.25, 0.3) is 11.3 Å². The second kappa shape index (κ2) is 8.27. The van der Waals surface area contributed by atoms with Crippen molar-refractivity contribution in [1.29, 1.82) is 0 Å². The number of nitrogens with two attached hydrogens (primary N) is 1. The number of piperidine rings is 1. The lowest BCUT2D eigenvalue weighted by Crippen LogP contribution is -2.45. The SMILES string of the molecule is Cc1nc(N2CCC3(CC2)Cc2cnccc2[C@H]3N)c(CO)nc1-c1cccc(Cl)c1Cl. The van der Waals surface area contributed by atoms with Crippen LogP contribution in [-0.4, -0.2) is 33.1 Å². The molecule has 0 bridgehead atoms. The van der Waals surface area contributed by atoms with Crippen molar-refractivity contribution in [2.75, 3.05) is 18.0 Å². The zero-order valence-corrected chi connectivity index (χ0v) is 19.4. The molecule has 1 fully saturated rings. The highest BCUT2D eigenvalue weighted by Gasteiger charge is 2.46. The third-order valence-corrected chi connectivity index (χ3v) is 7.83. The van der Waals surface area contributed by atoms with Gasteiger partial charge in [-0.15, -0.1) is 0 Å². The largest absolute Gasteiger partial charge is 0.390 e. The van der Waals surface area contributed by atoms with Gasteiger partial charge in [0.1, 0.15) is 5.69 Å². The van der Waals surface area contributed by atoms with Gasteiger partial charge in [0.2, 0.25) is 0 Å². The molecule has 3 N–H and O–H groups in total. The molecule has 32 heavy (non-hydrogen) atoms. The average Bonchev–Trinajstić information content (AvgIpc) is 3.07. The van der Waals surface area contributed by atoms with Crippen molar-refractivity contribution < 1.29 is 5.11 Å². The minimum Gasteiger partial charge on any atom is -0.390 e. The first kappa shape index (κ1) is 21.6. The molecule has 2 aliphatic rings. The molecule has 0 saturated carbocycles. The summed E-state index contributed by atoms with van der Waals surface area (Å²) in [6, 6.07) is 7.52. The van der Waals surface area contributed by atoms with Crippen molar-refractivity contribution in [2.24, 2.45) is 11.1 Å². The summed E-state index contributed by atoms with van der Waals surface area (Å²) in [7, 11) is 0. The number of fused-ring (bicyclic) bond motifs is 1. The Morgan fingerprint density at radius 1 is 1.19 bits per heavy atom. The summed E-state index contributed by atoms with van der Waals surface area (Å²) in [5.41, 5.74) is 11.9. The maximum atomic E-state index is 10.1. The summed E-state index contributed by atoms with van der Waals surface area (Å²) in [5, 5.41) is 11.0. The molecule has 1 atom stereocenters. The number of benzene rings is 1. The Morgan fingerprint density at radius 2 is 1.97 bits per heavy atom. The van der Waals surface area contributed by atoms with Gasteiger partial charge < -0.3 is 15.7 Å². The highest BCUT2D eigenvalue weighted by Crippen LogP contribution is 2.51. The summed E-state index contributed by atoms with van der Waals surface area (Å²) < 4.78 is 0. The van der Waals surface area contributed by atoms with E-state index >= 15 is 0 Å². The molecule has 166 valence electrons. The first-order valence-corrected chi connectivity index (χ1v) is 11.6. The number of rotatable bonds is 3. The number of nitrogens with zero attached hydrogens (tertiary/aromatic N) is 4. The van der Waals surface area contributed by atoms with Crippen LogP contribution in [-0.2, 0) is 13.0 Å². The summed E-state index contributed by atoms with van der Waals surface area (Å²) in [4.78, 5) is 16.1. The molecule has 1 saturated heterocycles. The number of hydrogen-bond donors (Lipinski definition) is 2. The van der Waals surface area contributed by atoms with Gasteiger partial charge in [-0.1, -0.05) is 35.3 Å². The maximum Gasteiger partial charge on any atom is 0.153 e. The lowest BCUT2D eigenvalue weighted by Gasteiger charge is -2.43. The Hall–Kier alpha value is -2.25. The number of aryl methyl sites for hydroxylation is 1. The van der Waals surface area contributed by atoms with Gasteiger partial charge in [-0.05, 0) is 54.9 Å². The predicted molar refractivity (Wildman–Crippen MR) is 127 cm³/mol. The molecule has 2 aromatic heterocycles. The zero-order chi connectivity index (χ0) is 22.5. The maximum absolute atomic E-state index is 10.1. The van der Waals surface area contributed by atoms with Gasteiger partial charge in [0.25, 0.3) is 0 Å². The number of halogens is 2. The molecule has 1 aliphatic carbocycles. The van der Waals surface area contributed by atoms with E-state index < -0.39 is 0 Å². The molecule has 1 aromatic carbocycles. The number of pyridine rings is 1. The van der Waals surface area contributed by atoms with Crippen LogP contribution in [0, 0.1) is 12.3 Å². The number of hydrogen-bond acceptors (Lipinski definition) is 6. The fourth-order valence-corrected chi connectivity index (χ4v) is 5.59. The molecule has 1 spiro atoms. The van der Waals surface area contributed by atoms with Gasteiger partial charge in [0.15, 0.2) is 5.82 Å². The van der Waals surface area contributed by atoms with Gasteiger partial charge >= 0.3 is 0 Å². The molecule has 5 rings (SSSR count). The van der Waals surface area contributed by atoms with Crippen LogP contribution in [0.2, 0.25) is 10.0 Å². The Kier molecular flexibility index (Phi) is 5.58. The highest BCUT2D eigenvalue weighted by molar-refractivity contribution is 6.43. The minimum absolute atomic E-state index is 0.0279. The van der Waals surface area contributed by atoms with Gasteiger partial charge in [0, 0.05) is 37.1 Å². The van der Waals surface area contributed by atoms with Crippen molar-refractivity contribution in [1.82, 2.24) is 15.0 Å². The van der Waals surface area contributed by atoms with Crippen molar-refractivity contribution in [2.45, 2.75) is 38.8 Å². The van der Waals surface area contributed by atoms with E-state index in [1.54, 1.807) is 6.07 Å². The Labute approximate surface area is 197 Å². The quantitative estimate of drug-likeness (QED) is 0.587. The molecule has 8 heteroatoms. The van der Waals surface area contributed by atoms with E-state index in [-0.39, 0.29) is 18.1 Å². The molecule has 0 radical (unpaired) electrons. The molecule has 3 aromatic rings. The molecule has 1 aliphatic heterocycles. The van der Waals surface area contributed by atoms with Crippen molar-refractivity contribution in [3.63, 3.8) is 0 Å². The topological polar surface area (TPSA) is 88.2 Å². The van der Waals surface area contributed by atoms with Gasteiger partial charge in [-0.2, -0.15) is 0 Å². The van der Waals surface area contributed by atoms with Crippen LogP contribution in [0.4, 0.5) is 5.82 Å². The summed E-state index contributed by atoms with van der Waals surface area (Å²) in [5.74, 6) is 0.729. The van der Waals surface area contributed by atoms with Gasteiger partial charge in [-0.3, -0.25) is 4.98 Å². The molecule has 3 heterocycles. The van der Waals surface area contributed by atoms with Crippen molar-refractivity contribution >= 4 is 29.0 Å². The number of anilines is 1. The van der Waals surface area contributed by atoms with Crippen molar-refractivity contribution in [3.05, 3.63) is 69.2 Å². The Morgan fingerprint density at radius 3 is 2.69 bits per heavy atom. The predicted octanol–water partition coefficient (Wildman–Crippen LogP) is 4.49. The second-order valence-electron chi connectivity index (χ2n) is 8.77. The van der Waals surface area contributed by atoms with Gasteiger partial charge in [-0.25, -0.2) is 9.97 Å². The third kappa shape index (κ3) is 3.46. The number of aliphatic hydroxyl groups is 1. The van der Waals surface area contributed by atoms with Crippen LogP contribution in [0.5, 0.6) is 0 Å². The van der Waals surface area contributed by atoms with Crippen LogP contribution in [0.1, 0.15) is 41.4 Å². The smallest absolute Gasteiger partial charge is 0.153 e. The fourth-order valence-electron chi connectivity index (χ4n) is 5.20. The lowest BCUT2D eigenvalue weighted by molar-refractivity contribution is 0.186. The highest BCUT2D eigenvalue weighted by atomic mass is 35.5. The standard InChI is InChI=1S/C24H25Cl2N5O/c1-14-21(17-3-2-4-18(25)20(17)26)30-19(13-32)23(29-14)31-9-6-24(7-10-31)11-15-12-28-8-5-16(15)22(24)27/h2-5,8,12,22,32H,6-7,9-11,13,27H2,1H3/t22-/m1/s1. The number of aliphatic hydroxyl groups excluding tert-OH is 1. The molecule has 6 nitrogen and oxygen atoms in total. The first-order valence-electron chi connectivity index (χ1n) is 10.8. The second-order valence-corrected chi connectivity index (χ2v) is 9.55. The molecule has 0 amide bonds. The van der Waals surface area contributed by atoms with E-state index in [0.717, 1.165) is 43.9 Å². The first-order chi connectivity index (χ1) is 15.4. The summed E-state index contributed by atoms with van der Waals surface area (Å²) >= 11 is 12.6.